The maximum atomic E-state index is 11.7. The van der Waals surface area contributed by atoms with Gasteiger partial charge < -0.3 is 19.2 Å². The summed E-state index contributed by atoms with van der Waals surface area (Å²) in [5.74, 6) is 1.33. The van der Waals surface area contributed by atoms with Gasteiger partial charge in [0.15, 0.2) is 0 Å². The number of benzene rings is 2. The van der Waals surface area contributed by atoms with Crippen molar-refractivity contribution in [3.8, 4) is 17.2 Å². The summed E-state index contributed by atoms with van der Waals surface area (Å²) in [4.78, 5) is 28.9. The Morgan fingerprint density at radius 2 is 2.06 bits per heavy atom. The fraction of sp³-hybridized carbons (Fsp3) is 0.346. The van der Waals surface area contributed by atoms with Crippen LogP contribution in [0.2, 0.25) is 0 Å². The topological polar surface area (TPSA) is 92.9 Å². The molecule has 7 nitrogen and oxygen atoms in total. The molecule has 0 saturated heterocycles. The van der Waals surface area contributed by atoms with Crippen LogP contribution < -0.4 is 9.64 Å². The minimum Gasteiger partial charge on any atom is -0.493 e. The van der Waals surface area contributed by atoms with Gasteiger partial charge in [-0.3, -0.25) is 9.59 Å². The number of carboxylic acid groups (broad SMARTS) is 1. The molecule has 2 aromatic carbocycles. The minimum atomic E-state index is -0.756. The van der Waals surface area contributed by atoms with Crippen LogP contribution in [-0.2, 0) is 22.4 Å². The van der Waals surface area contributed by atoms with Crippen LogP contribution in [0, 0.1) is 6.92 Å². The van der Waals surface area contributed by atoms with Crippen molar-refractivity contribution >= 4 is 17.6 Å². The van der Waals surface area contributed by atoms with Crippen LogP contribution in [0.5, 0.6) is 5.75 Å². The Bertz CT molecular complexity index is 1180. The first-order valence-corrected chi connectivity index (χ1v) is 11.1. The summed E-state index contributed by atoms with van der Waals surface area (Å²) in [6.07, 6.45) is 2.53. The van der Waals surface area contributed by atoms with Gasteiger partial charge in [0, 0.05) is 31.6 Å². The van der Waals surface area contributed by atoms with Gasteiger partial charge in [0.2, 0.25) is 11.8 Å². The van der Waals surface area contributed by atoms with E-state index in [1.807, 2.05) is 49.4 Å². The Labute approximate surface area is 193 Å². The van der Waals surface area contributed by atoms with E-state index in [-0.39, 0.29) is 18.2 Å². The van der Waals surface area contributed by atoms with Gasteiger partial charge in [0.05, 0.1) is 18.7 Å². The van der Waals surface area contributed by atoms with Gasteiger partial charge in [-0.1, -0.05) is 12.1 Å². The smallest absolute Gasteiger partial charge is 0.303 e. The third-order valence-corrected chi connectivity index (χ3v) is 6.19. The van der Waals surface area contributed by atoms with Gasteiger partial charge in [0.25, 0.3) is 0 Å². The van der Waals surface area contributed by atoms with Crippen LogP contribution in [0.1, 0.15) is 48.3 Å². The number of carboxylic acids is 1. The first-order valence-electron chi connectivity index (χ1n) is 11.1. The summed E-state index contributed by atoms with van der Waals surface area (Å²) in [5.41, 5.74) is 4.72. The Morgan fingerprint density at radius 1 is 1.24 bits per heavy atom. The van der Waals surface area contributed by atoms with Crippen LogP contribution in [0.15, 0.2) is 46.9 Å². The maximum absolute atomic E-state index is 11.7. The maximum Gasteiger partial charge on any atom is 0.303 e. The van der Waals surface area contributed by atoms with E-state index in [4.69, 9.17) is 14.3 Å². The number of aromatic nitrogens is 1. The molecule has 0 fully saturated rings. The summed E-state index contributed by atoms with van der Waals surface area (Å²) in [7, 11) is 1.73. The highest BCUT2D eigenvalue weighted by Crippen LogP contribution is 2.37. The zero-order chi connectivity index (χ0) is 23.5. The number of hydrogen-bond donors (Lipinski definition) is 1. The van der Waals surface area contributed by atoms with Crippen molar-refractivity contribution in [2.24, 2.45) is 0 Å². The summed E-state index contributed by atoms with van der Waals surface area (Å²) in [5, 5.41) is 9.08. The molecule has 33 heavy (non-hydrogen) atoms. The number of carbonyl (C=O) groups excluding carboxylic acids is 1. The fourth-order valence-electron chi connectivity index (χ4n) is 4.27. The molecule has 0 spiro atoms. The number of anilines is 1. The average Bonchev–Trinajstić information content (AvgIpc) is 3.36. The summed E-state index contributed by atoms with van der Waals surface area (Å²) in [6.45, 7) is 3.86. The molecule has 1 atom stereocenters. The van der Waals surface area contributed by atoms with E-state index in [1.54, 1.807) is 11.9 Å². The summed E-state index contributed by atoms with van der Waals surface area (Å²) in [6, 6.07) is 13.5. The molecule has 4 rings (SSSR count). The molecule has 1 N–H and O–H groups in total. The molecule has 1 amide bonds. The molecule has 3 aromatic rings. The van der Waals surface area contributed by atoms with E-state index in [0.717, 1.165) is 46.9 Å². The lowest BCUT2D eigenvalue weighted by atomic mass is 9.98. The molecular formula is C26H28N2O5. The predicted octanol–water partition coefficient (Wildman–Crippen LogP) is 4.76. The highest BCUT2D eigenvalue weighted by Gasteiger charge is 2.25. The first-order chi connectivity index (χ1) is 15.8. The van der Waals surface area contributed by atoms with E-state index in [2.05, 4.69) is 4.98 Å². The molecule has 7 heteroatoms. The van der Waals surface area contributed by atoms with Gasteiger partial charge in [-0.25, -0.2) is 4.98 Å². The molecule has 0 aliphatic heterocycles. The van der Waals surface area contributed by atoms with Crippen molar-refractivity contribution in [2.45, 2.75) is 45.4 Å². The van der Waals surface area contributed by atoms with E-state index in [1.165, 1.54) is 12.5 Å². The van der Waals surface area contributed by atoms with Crippen molar-refractivity contribution in [3.05, 3.63) is 65.0 Å². The Balaban J connectivity index is 1.39. The van der Waals surface area contributed by atoms with Gasteiger partial charge in [-0.2, -0.15) is 0 Å². The second kappa shape index (κ2) is 9.48. The Kier molecular flexibility index (Phi) is 6.49. The van der Waals surface area contributed by atoms with E-state index >= 15 is 0 Å². The first kappa shape index (κ1) is 22.6. The highest BCUT2D eigenvalue weighted by molar-refractivity contribution is 5.91. The largest absolute Gasteiger partial charge is 0.493 e. The van der Waals surface area contributed by atoms with Crippen molar-refractivity contribution in [1.29, 1.82) is 0 Å². The van der Waals surface area contributed by atoms with Crippen LogP contribution in [0.25, 0.3) is 11.5 Å². The molecule has 1 aliphatic rings. The number of nitrogens with zero attached hydrogens (tertiary/aromatic N) is 2. The van der Waals surface area contributed by atoms with Gasteiger partial charge >= 0.3 is 5.97 Å². The molecule has 0 bridgehead atoms. The second-order valence-electron chi connectivity index (χ2n) is 8.44. The Morgan fingerprint density at radius 3 is 2.82 bits per heavy atom. The lowest BCUT2D eigenvalue weighted by Crippen LogP contribution is -2.22. The SMILES string of the molecule is CC(=O)N(C)c1cccc(-c2nc(CCOc3ccc4c(c3)CC[C@H]4CC(=O)O)c(C)o2)c1. The molecule has 0 unspecified atom stereocenters. The third-order valence-electron chi connectivity index (χ3n) is 6.19. The van der Waals surface area contributed by atoms with Crippen molar-refractivity contribution in [2.75, 3.05) is 18.6 Å². The number of aryl methyl sites for hydroxylation is 2. The number of carbonyl (C=O) groups is 2. The number of rotatable bonds is 8. The predicted molar refractivity (Wildman–Crippen MR) is 125 cm³/mol. The standard InChI is InChI=1S/C26H28N2O5/c1-16-24(27-26(33-16)20-5-4-6-21(13-20)28(3)17(2)29)11-12-32-22-9-10-23-18(14-22)7-8-19(23)15-25(30)31/h4-6,9-10,13-14,19H,7-8,11-12,15H2,1-3H3,(H,30,31)/t19-/m0/s1. The second-order valence-corrected chi connectivity index (χ2v) is 8.44. The lowest BCUT2D eigenvalue weighted by molar-refractivity contribution is -0.137. The van der Waals surface area contributed by atoms with Crippen LogP contribution in [0.4, 0.5) is 5.69 Å². The van der Waals surface area contributed by atoms with Crippen LogP contribution >= 0.6 is 0 Å². The van der Waals surface area contributed by atoms with E-state index in [0.29, 0.717) is 18.9 Å². The average molecular weight is 449 g/mol. The van der Waals surface area contributed by atoms with Crippen molar-refractivity contribution in [1.82, 2.24) is 4.98 Å². The van der Waals surface area contributed by atoms with Crippen LogP contribution in [-0.4, -0.2) is 35.6 Å². The quantitative estimate of drug-likeness (QED) is 0.534. The van der Waals surface area contributed by atoms with E-state index in [9.17, 15) is 9.59 Å². The van der Waals surface area contributed by atoms with Gasteiger partial charge in [-0.05, 0) is 67.1 Å². The number of ether oxygens (including phenoxy) is 1. The van der Waals surface area contributed by atoms with E-state index < -0.39 is 5.97 Å². The molecule has 1 heterocycles. The lowest BCUT2D eigenvalue weighted by Gasteiger charge is -2.15. The fourth-order valence-corrected chi connectivity index (χ4v) is 4.27. The normalized spacial score (nSPS) is 14.7. The number of hydrogen-bond acceptors (Lipinski definition) is 5. The summed E-state index contributed by atoms with van der Waals surface area (Å²) < 4.78 is 11.8. The third kappa shape index (κ3) is 5.08. The molecule has 0 saturated carbocycles. The number of aliphatic carboxylic acids is 1. The minimum absolute atomic E-state index is 0.0440. The van der Waals surface area contributed by atoms with Crippen LogP contribution in [0.3, 0.4) is 0 Å². The molecule has 172 valence electrons. The summed E-state index contributed by atoms with van der Waals surface area (Å²) >= 11 is 0. The zero-order valence-electron chi connectivity index (χ0n) is 19.1. The Hall–Kier alpha value is -3.61. The number of oxazole rings is 1. The molecule has 1 aromatic heterocycles. The van der Waals surface area contributed by atoms with Crippen molar-refractivity contribution in [3.63, 3.8) is 0 Å². The number of amides is 1. The monoisotopic (exact) mass is 448 g/mol. The molecule has 0 radical (unpaired) electrons. The highest BCUT2D eigenvalue weighted by atomic mass is 16.5. The molecule has 1 aliphatic carbocycles. The number of fused-ring (bicyclic) bond motifs is 1. The van der Waals surface area contributed by atoms with Gasteiger partial charge in [0.1, 0.15) is 11.5 Å². The zero-order valence-corrected chi connectivity index (χ0v) is 19.1. The van der Waals surface area contributed by atoms with Crippen molar-refractivity contribution < 1.29 is 23.8 Å². The molecular weight excluding hydrogens is 420 g/mol. The van der Waals surface area contributed by atoms with Gasteiger partial charge in [-0.15, -0.1) is 0 Å².